The van der Waals surface area contributed by atoms with Gasteiger partial charge in [0.15, 0.2) is 0 Å². The molecule has 1 unspecified atom stereocenters. The molecule has 1 aliphatic carbocycles. The molecule has 1 fully saturated rings. The highest BCUT2D eigenvalue weighted by Crippen LogP contribution is 2.32. The molecule has 0 heterocycles. The first-order chi connectivity index (χ1) is 8.15. The van der Waals surface area contributed by atoms with Crippen LogP contribution in [0.5, 0.6) is 0 Å². The van der Waals surface area contributed by atoms with Gasteiger partial charge in [-0.05, 0) is 30.0 Å². The van der Waals surface area contributed by atoms with Crippen molar-refractivity contribution in [1.29, 1.82) is 0 Å². The Morgan fingerprint density at radius 2 is 1.65 bits per heavy atom. The molecule has 0 amide bonds. The van der Waals surface area contributed by atoms with Gasteiger partial charge in [-0.1, -0.05) is 32.1 Å². The second-order valence-corrected chi connectivity index (χ2v) is 4.96. The number of rotatable bonds is 3. The minimum Gasteiger partial charge on any atom is -0.388 e. The number of aliphatic hydroxyl groups excluding tert-OH is 1. The second-order valence-electron chi connectivity index (χ2n) is 4.96. The summed E-state index contributed by atoms with van der Waals surface area (Å²) in [5.41, 5.74) is 0.355. The van der Waals surface area contributed by atoms with Crippen molar-refractivity contribution < 1.29 is 13.9 Å². The fraction of sp³-hybridized carbons (Fsp3) is 0.571. The van der Waals surface area contributed by atoms with Crippen molar-refractivity contribution in [2.75, 3.05) is 0 Å². The SMILES string of the molecule is OC(CC1CCCCC1)c1cc(F)cc(F)c1. The van der Waals surface area contributed by atoms with E-state index in [9.17, 15) is 13.9 Å². The van der Waals surface area contributed by atoms with Crippen molar-refractivity contribution in [2.45, 2.75) is 44.6 Å². The largest absolute Gasteiger partial charge is 0.388 e. The lowest BCUT2D eigenvalue weighted by Crippen LogP contribution is -2.11. The predicted octanol–water partition coefficient (Wildman–Crippen LogP) is 3.97. The molecule has 0 bridgehead atoms. The van der Waals surface area contributed by atoms with Crippen LogP contribution in [0.25, 0.3) is 0 Å². The fourth-order valence-electron chi connectivity index (χ4n) is 2.64. The van der Waals surface area contributed by atoms with Gasteiger partial charge in [0.1, 0.15) is 11.6 Å². The second kappa shape index (κ2) is 5.58. The molecule has 94 valence electrons. The van der Waals surface area contributed by atoms with Gasteiger partial charge in [0.25, 0.3) is 0 Å². The van der Waals surface area contributed by atoms with Crippen molar-refractivity contribution in [3.8, 4) is 0 Å². The third-order valence-corrected chi connectivity index (χ3v) is 3.55. The van der Waals surface area contributed by atoms with Gasteiger partial charge in [-0.2, -0.15) is 0 Å². The first-order valence-corrected chi connectivity index (χ1v) is 6.29. The van der Waals surface area contributed by atoms with Crippen LogP contribution in [-0.2, 0) is 0 Å². The van der Waals surface area contributed by atoms with Gasteiger partial charge < -0.3 is 5.11 Å². The zero-order chi connectivity index (χ0) is 12.3. The van der Waals surface area contributed by atoms with Gasteiger partial charge in [0, 0.05) is 6.07 Å². The molecule has 0 aliphatic heterocycles. The molecule has 0 aromatic heterocycles. The highest BCUT2D eigenvalue weighted by Gasteiger charge is 2.19. The van der Waals surface area contributed by atoms with Crippen LogP contribution in [0.4, 0.5) is 8.78 Å². The third-order valence-electron chi connectivity index (χ3n) is 3.55. The van der Waals surface area contributed by atoms with E-state index in [1.807, 2.05) is 0 Å². The van der Waals surface area contributed by atoms with E-state index in [1.54, 1.807) is 0 Å². The molecule has 1 aromatic carbocycles. The molecule has 0 spiro atoms. The van der Waals surface area contributed by atoms with E-state index in [2.05, 4.69) is 0 Å². The molecule has 0 radical (unpaired) electrons. The molecule has 1 N–H and O–H groups in total. The van der Waals surface area contributed by atoms with E-state index in [4.69, 9.17) is 0 Å². The highest BCUT2D eigenvalue weighted by atomic mass is 19.1. The Hall–Kier alpha value is -0.960. The molecule has 1 aromatic rings. The summed E-state index contributed by atoms with van der Waals surface area (Å²) < 4.78 is 26.0. The van der Waals surface area contributed by atoms with Crippen molar-refractivity contribution >= 4 is 0 Å². The minimum atomic E-state index is -0.747. The van der Waals surface area contributed by atoms with Gasteiger partial charge >= 0.3 is 0 Å². The lowest BCUT2D eigenvalue weighted by atomic mass is 9.84. The van der Waals surface area contributed by atoms with Crippen LogP contribution >= 0.6 is 0 Å². The standard InChI is InChI=1S/C14H18F2O/c15-12-7-11(8-13(16)9-12)14(17)6-10-4-2-1-3-5-10/h7-10,14,17H,1-6H2. The van der Waals surface area contributed by atoms with Crippen molar-refractivity contribution in [2.24, 2.45) is 5.92 Å². The molecular weight excluding hydrogens is 222 g/mol. The first-order valence-electron chi connectivity index (χ1n) is 6.29. The van der Waals surface area contributed by atoms with E-state index >= 15 is 0 Å². The maximum absolute atomic E-state index is 13.0. The molecular formula is C14H18F2O. The lowest BCUT2D eigenvalue weighted by molar-refractivity contribution is 0.130. The first kappa shape index (κ1) is 12.5. The van der Waals surface area contributed by atoms with Gasteiger partial charge in [-0.3, -0.25) is 0 Å². The van der Waals surface area contributed by atoms with E-state index in [0.717, 1.165) is 18.9 Å². The van der Waals surface area contributed by atoms with Crippen LogP contribution < -0.4 is 0 Å². The zero-order valence-electron chi connectivity index (χ0n) is 9.83. The molecule has 1 nitrogen and oxygen atoms in total. The van der Waals surface area contributed by atoms with E-state index in [0.29, 0.717) is 17.9 Å². The summed E-state index contributed by atoms with van der Waals surface area (Å²) >= 11 is 0. The number of halogens is 2. The lowest BCUT2D eigenvalue weighted by Gasteiger charge is -2.24. The Labute approximate surface area is 100 Å². The molecule has 1 saturated carbocycles. The predicted molar refractivity (Wildman–Crippen MR) is 62.5 cm³/mol. The third kappa shape index (κ3) is 3.50. The molecule has 17 heavy (non-hydrogen) atoms. The number of benzene rings is 1. The summed E-state index contributed by atoms with van der Waals surface area (Å²) in [4.78, 5) is 0. The maximum Gasteiger partial charge on any atom is 0.126 e. The van der Waals surface area contributed by atoms with E-state index < -0.39 is 17.7 Å². The van der Waals surface area contributed by atoms with Crippen LogP contribution in [0.15, 0.2) is 18.2 Å². The summed E-state index contributed by atoms with van der Waals surface area (Å²) in [6, 6.07) is 3.27. The minimum absolute atomic E-state index is 0.355. The van der Waals surface area contributed by atoms with Gasteiger partial charge in [-0.15, -0.1) is 0 Å². The Kier molecular flexibility index (Phi) is 4.11. The highest BCUT2D eigenvalue weighted by molar-refractivity contribution is 5.20. The summed E-state index contributed by atoms with van der Waals surface area (Å²) in [7, 11) is 0. The molecule has 1 aliphatic rings. The average Bonchev–Trinajstić information content (AvgIpc) is 2.29. The Bertz CT molecular complexity index is 352. The summed E-state index contributed by atoms with van der Waals surface area (Å²) in [5, 5.41) is 9.99. The Balaban J connectivity index is 2.00. The number of aliphatic hydroxyl groups is 1. The summed E-state index contributed by atoms with van der Waals surface area (Å²) in [6.45, 7) is 0. The fourth-order valence-corrected chi connectivity index (χ4v) is 2.64. The van der Waals surface area contributed by atoms with Crippen LogP contribution in [0, 0.1) is 17.6 Å². The number of hydrogen-bond donors (Lipinski definition) is 1. The Morgan fingerprint density at radius 1 is 1.06 bits per heavy atom. The summed E-state index contributed by atoms with van der Waals surface area (Å²) in [6.07, 6.45) is 5.78. The van der Waals surface area contributed by atoms with Crippen molar-refractivity contribution in [3.05, 3.63) is 35.4 Å². The molecule has 0 saturated heterocycles. The monoisotopic (exact) mass is 240 g/mol. The van der Waals surface area contributed by atoms with Crippen molar-refractivity contribution in [1.82, 2.24) is 0 Å². The average molecular weight is 240 g/mol. The van der Waals surface area contributed by atoms with Crippen LogP contribution in [0.3, 0.4) is 0 Å². The number of hydrogen-bond acceptors (Lipinski definition) is 1. The van der Waals surface area contributed by atoms with E-state index in [-0.39, 0.29) is 0 Å². The quantitative estimate of drug-likeness (QED) is 0.847. The molecule has 3 heteroatoms. The normalized spacial score (nSPS) is 19.2. The van der Waals surface area contributed by atoms with Crippen LogP contribution in [0.1, 0.15) is 50.2 Å². The van der Waals surface area contributed by atoms with Crippen molar-refractivity contribution in [3.63, 3.8) is 0 Å². The zero-order valence-corrected chi connectivity index (χ0v) is 9.83. The van der Waals surface area contributed by atoms with Crippen LogP contribution in [-0.4, -0.2) is 5.11 Å². The van der Waals surface area contributed by atoms with Crippen LogP contribution in [0.2, 0.25) is 0 Å². The van der Waals surface area contributed by atoms with Gasteiger partial charge in [-0.25, -0.2) is 8.78 Å². The topological polar surface area (TPSA) is 20.2 Å². The molecule has 2 rings (SSSR count). The smallest absolute Gasteiger partial charge is 0.126 e. The molecule has 1 atom stereocenters. The van der Waals surface area contributed by atoms with Gasteiger partial charge in [0.2, 0.25) is 0 Å². The van der Waals surface area contributed by atoms with Gasteiger partial charge in [0.05, 0.1) is 6.10 Å². The Morgan fingerprint density at radius 3 is 2.24 bits per heavy atom. The van der Waals surface area contributed by atoms with E-state index in [1.165, 1.54) is 31.4 Å². The summed E-state index contributed by atoms with van der Waals surface area (Å²) in [5.74, 6) is -0.754. The maximum atomic E-state index is 13.0.